The molecule has 0 saturated carbocycles. The van der Waals surface area contributed by atoms with Crippen LogP contribution in [0, 0.1) is 5.92 Å². The van der Waals surface area contributed by atoms with Crippen LogP contribution in [0.25, 0.3) is 0 Å². The molecule has 19 heavy (non-hydrogen) atoms. The van der Waals surface area contributed by atoms with E-state index in [4.69, 9.17) is 16.7 Å². The van der Waals surface area contributed by atoms with Crippen LogP contribution in [0.15, 0.2) is 12.1 Å². The number of halogens is 1. The van der Waals surface area contributed by atoms with E-state index in [1.807, 2.05) is 6.07 Å². The van der Waals surface area contributed by atoms with E-state index in [0.717, 1.165) is 4.88 Å². The molecule has 1 aromatic rings. The van der Waals surface area contributed by atoms with Gasteiger partial charge in [0.2, 0.25) is 0 Å². The summed E-state index contributed by atoms with van der Waals surface area (Å²) in [6.07, 6.45) is 1.04. The molecule has 5 nitrogen and oxygen atoms in total. The predicted octanol–water partition coefficient (Wildman–Crippen LogP) is 2.41. The zero-order chi connectivity index (χ0) is 13.8. The number of urea groups is 1. The Hall–Kier alpha value is -1.27. The van der Waals surface area contributed by atoms with E-state index >= 15 is 0 Å². The van der Waals surface area contributed by atoms with Crippen molar-refractivity contribution in [1.82, 2.24) is 10.2 Å². The van der Waals surface area contributed by atoms with E-state index in [1.54, 1.807) is 11.0 Å². The highest BCUT2D eigenvalue weighted by atomic mass is 35.5. The Labute approximate surface area is 120 Å². The summed E-state index contributed by atoms with van der Waals surface area (Å²) in [4.78, 5) is 25.4. The lowest BCUT2D eigenvalue weighted by Gasteiger charge is -2.30. The summed E-state index contributed by atoms with van der Waals surface area (Å²) in [5.41, 5.74) is 0. The minimum atomic E-state index is -0.770. The maximum absolute atomic E-state index is 11.9. The summed E-state index contributed by atoms with van der Waals surface area (Å²) >= 11 is 7.25. The van der Waals surface area contributed by atoms with E-state index in [0.29, 0.717) is 36.8 Å². The summed E-state index contributed by atoms with van der Waals surface area (Å²) in [6, 6.07) is 3.53. The lowest BCUT2D eigenvalue weighted by molar-refractivity contribution is -0.143. The number of thiophene rings is 1. The largest absolute Gasteiger partial charge is 0.481 e. The molecule has 0 bridgehead atoms. The first kappa shape index (κ1) is 14.1. The van der Waals surface area contributed by atoms with Crippen LogP contribution in [0.1, 0.15) is 17.7 Å². The maximum Gasteiger partial charge on any atom is 0.317 e. The molecule has 2 heterocycles. The molecule has 0 aliphatic carbocycles. The molecular formula is C12H15ClN2O3S. The third-order valence-corrected chi connectivity index (χ3v) is 4.41. The second-order valence-electron chi connectivity index (χ2n) is 4.46. The molecule has 0 atom stereocenters. The van der Waals surface area contributed by atoms with Crippen molar-refractivity contribution < 1.29 is 14.7 Å². The Morgan fingerprint density at radius 1 is 1.42 bits per heavy atom. The number of likely N-dealkylation sites (tertiary alicyclic amines) is 1. The third kappa shape index (κ3) is 3.84. The van der Waals surface area contributed by atoms with Crippen molar-refractivity contribution in [2.45, 2.75) is 19.4 Å². The molecule has 2 N–H and O–H groups in total. The summed E-state index contributed by atoms with van der Waals surface area (Å²) in [7, 11) is 0. The van der Waals surface area contributed by atoms with Crippen molar-refractivity contribution in [2.75, 3.05) is 13.1 Å². The highest BCUT2D eigenvalue weighted by Crippen LogP contribution is 2.21. The quantitative estimate of drug-likeness (QED) is 0.901. The number of nitrogens with one attached hydrogen (secondary N) is 1. The number of hydrogen-bond donors (Lipinski definition) is 2. The number of aliphatic carboxylic acids is 1. The number of amides is 2. The second-order valence-corrected chi connectivity index (χ2v) is 6.26. The molecule has 1 fully saturated rings. The van der Waals surface area contributed by atoms with Crippen molar-refractivity contribution >= 4 is 34.9 Å². The fourth-order valence-corrected chi connectivity index (χ4v) is 3.08. The van der Waals surface area contributed by atoms with Gasteiger partial charge in [-0.15, -0.1) is 11.3 Å². The van der Waals surface area contributed by atoms with Gasteiger partial charge in [-0.25, -0.2) is 4.79 Å². The Kier molecular flexibility index (Phi) is 4.66. The van der Waals surface area contributed by atoms with Crippen molar-refractivity contribution in [3.8, 4) is 0 Å². The van der Waals surface area contributed by atoms with Crippen molar-refractivity contribution in [3.63, 3.8) is 0 Å². The van der Waals surface area contributed by atoms with Crippen LogP contribution in [0.4, 0.5) is 4.79 Å². The van der Waals surface area contributed by atoms with Gasteiger partial charge in [-0.3, -0.25) is 4.79 Å². The van der Waals surface area contributed by atoms with Gasteiger partial charge in [-0.05, 0) is 25.0 Å². The van der Waals surface area contributed by atoms with Crippen LogP contribution in [-0.2, 0) is 11.3 Å². The molecule has 7 heteroatoms. The van der Waals surface area contributed by atoms with Gasteiger partial charge in [-0.2, -0.15) is 0 Å². The Morgan fingerprint density at radius 2 is 2.11 bits per heavy atom. The van der Waals surface area contributed by atoms with E-state index < -0.39 is 5.97 Å². The fourth-order valence-electron chi connectivity index (χ4n) is 2.05. The van der Waals surface area contributed by atoms with Crippen molar-refractivity contribution in [3.05, 3.63) is 21.3 Å². The molecule has 2 amide bonds. The first-order valence-corrected chi connectivity index (χ1v) is 7.25. The monoisotopic (exact) mass is 302 g/mol. The molecule has 0 radical (unpaired) electrons. The zero-order valence-corrected chi connectivity index (χ0v) is 11.8. The molecule has 0 spiro atoms. The van der Waals surface area contributed by atoms with Gasteiger partial charge in [0.05, 0.1) is 16.8 Å². The summed E-state index contributed by atoms with van der Waals surface area (Å²) in [5, 5.41) is 11.7. The van der Waals surface area contributed by atoms with Gasteiger partial charge in [0.25, 0.3) is 0 Å². The van der Waals surface area contributed by atoms with E-state index in [2.05, 4.69) is 5.32 Å². The minimum absolute atomic E-state index is 0.145. The van der Waals surface area contributed by atoms with Gasteiger partial charge in [-0.1, -0.05) is 11.6 Å². The zero-order valence-electron chi connectivity index (χ0n) is 10.3. The van der Waals surface area contributed by atoms with Crippen molar-refractivity contribution in [2.24, 2.45) is 5.92 Å². The van der Waals surface area contributed by atoms with Gasteiger partial charge in [0.15, 0.2) is 0 Å². The molecule has 1 saturated heterocycles. The summed E-state index contributed by atoms with van der Waals surface area (Å²) < 4.78 is 0.700. The highest BCUT2D eigenvalue weighted by Gasteiger charge is 2.26. The number of carboxylic acid groups (broad SMARTS) is 1. The van der Waals surface area contributed by atoms with Crippen LogP contribution in [0.3, 0.4) is 0 Å². The first-order chi connectivity index (χ1) is 9.06. The SMILES string of the molecule is O=C(O)C1CCN(C(=O)NCc2ccc(Cl)s2)CC1. The number of rotatable bonds is 3. The topological polar surface area (TPSA) is 69.6 Å². The van der Waals surface area contributed by atoms with Crippen LogP contribution >= 0.6 is 22.9 Å². The molecule has 1 aliphatic heterocycles. The number of carbonyl (C=O) groups is 2. The average Bonchev–Trinajstić information content (AvgIpc) is 2.82. The van der Waals surface area contributed by atoms with E-state index in [-0.39, 0.29) is 11.9 Å². The standard InChI is InChI=1S/C12H15ClN2O3S/c13-10-2-1-9(19-10)7-14-12(18)15-5-3-8(4-6-15)11(16)17/h1-2,8H,3-7H2,(H,14,18)(H,16,17). The van der Waals surface area contributed by atoms with Gasteiger partial charge >= 0.3 is 12.0 Å². The Morgan fingerprint density at radius 3 is 2.63 bits per heavy atom. The molecule has 0 unspecified atom stereocenters. The van der Waals surface area contributed by atoms with Crippen LogP contribution < -0.4 is 5.32 Å². The highest BCUT2D eigenvalue weighted by molar-refractivity contribution is 7.16. The number of nitrogens with zero attached hydrogens (tertiary/aromatic N) is 1. The van der Waals surface area contributed by atoms with E-state index in [1.165, 1.54) is 11.3 Å². The average molecular weight is 303 g/mol. The minimum Gasteiger partial charge on any atom is -0.481 e. The summed E-state index contributed by atoms with van der Waals surface area (Å²) in [6.45, 7) is 1.44. The number of hydrogen-bond acceptors (Lipinski definition) is 3. The van der Waals surface area contributed by atoms with Gasteiger partial charge < -0.3 is 15.3 Å². The van der Waals surface area contributed by atoms with Crippen LogP contribution in [0.5, 0.6) is 0 Å². The first-order valence-electron chi connectivity index (χ1n) is 6.06. The lowest BCUT2D eigenvalue weighted by atomic mass is 9.97. The van der Waals surface area contributed by atoms with E-state index in [9.17, 15) is 9.59 Å². The summed E-state index contributed by atoms with van der Waals surface area (Å²) in [5.74, 6) is -1.09. The third-order valence-electron chi connectivity index (χ3n) is 3.17. The van der Waals surface area contributed by atoms with Crippen LogP contribution in [-0.4, -0.2) is 35.1 Å². The van der Waals surface area contributed by atoms with Crippen LogP contribution in [0.2, 0.25) is 4.34 Å². The molecule has 0 aromatic carbocycles. The van der Waals surface area contributed by atoms with Gasteiger partial charge in [0, 0.05) is 18.0 Å². The smallest absolute Gasteiger partial charge is 0.317 e. The number of piperidine rings is 1. The number of carboxylic acids is 1. The lowest BCUT2D eigenvalue weighted by Crippen LogP contribution is -2.45. The number of carbonyl (C=O) groups excluding carboxylic acids is 1. The van der Waals surface area contributed by atoms with Gasteiger partial charge in [0.1, 0.15) is 0 Å². The predicted molar refractivity (Wildman–Crippen MR) is 73.5 cm³/mol. The Bertz CT molecular complexity index is 469. The maximum atomic E-state index is 11.9. The molecule has 2 rings (SSSR count). The van der Waals surface area contributed by atoms with Crippen molar-refractivity contribution in [1.29, 1.82) is 0 Å². The Balaban J connectivity index is 1.77. The molecule has 1 aromatic heterocycles. The molecular weight excluding hydrogens is 288 g/mol. The fraction of sp³-hybridized carbons (Fsp3) is 0.500. The molecule has 1 aliphatic rings. The normalized spacial score (nSPS) is 16.4. The molecule has 104 valence electrons. The second kappa shape index (κ2) is 6.25.